The van der Waals surface area contributed by atoms with E-state index in [0.717, 1.165) is 5.56 Å². The van der Waals surface area contributed by atoms with E-state index < -0.39 is 0 Å². The van der Waals surface area contributed by atoms with Crippen molar-refractivity contribution in [2.75, 3.05) is 13.2 Å². The first-order chi connectivity index (χ1) is 10.2. The molecule has 1 aromatic heterocycles. The summed E-state index contributed by atoms with van der Waals surface area (Å²) in [6.07, 6.45) is 1.63. The second-order valence-electron chi connectivity index (χ2n) is 4.34. The van der Waals surface area contributed by atoms with Crippen LogP contribution in [0.15, 0.2) is 36.5 Å². The molecule has 6 heteroatoms. The normalized spacial score (nSPS) is 10.1. The first-order valence-electron chi connectivity index (χ1n) is 6.75. The third-order valence-electron chi connectivity index (χ3n) is 2.87. The Bertz CT molecular complexity index is 608. The molecule has 0 saturated carbocycles. The van der Waals surface area contributed by atoms with Crippen molar-refractivity contribution in [3.05, 3.63) is 42.1 Å². The van der Waals surface area contributed by atoms with Crippen molar-refractivity contribution in [1.29, 1.82) is 0 Å². The summed E-state index contributed by atoms with van der Waals surface area (Å²) in [5.41, 5.74) is 1.99. The van der Waals surface area contributed by atoms with Crippen LogP contribution < -0.4 is 5.32 Å². The van der Waals surface area contributed by atoms with Crippen molar-refractivity contribution >= 4 is 11.9 Å². The molecule has 1 aromatic carbocycles. The molecule has 2 aromatic rings. The van der Waals surface area contributed by atoms with Crippen LogP contribution in [0, 0.1) is 0 Å². The number of benzene rings is 1. The maximum atomic E-state index is 12.1. The van der Waals surface area contributed by atoms with E-state index in [2.05, 4.69) is 15.5 Å². The Hall–Kier alpha value is -2.63. The van der Waals surface area contributed by atoms with Gasteiger partial charge in [0.25, 0.3) is 5.91 Å². The molecule has 0 fully saturated rings. The van der Waals surface area contributed by atoms with Crippen LogP contribution in [0.2, 0.25) is 0 Å². The molecular formula is C15H17N3O3. The molecule has 0 spiro atoms. The first-order valence-corrected chi connectivity index (χ1v) is 6.75. The van der Waals surface area contributed by atoms with Crippen molar-refractivity contribution < 1.29 is 14.3 Å². The number of ether oxygens (including phenoxy) is 1. The minimum atomic E-state index is -0.326. The number of carbonyl (C=O) groups excluding carboxylic acids is 2. The van der Waals surface area contributed by atoms with Gasteiger partial charge >= 0.3 is 5.97 Å². The van der Waals surface area contributed by atoms with Gasteiger partial charge in [0.15, 0.2) is 0 Å². The van der Waals surface area contributed by atoms with Gasteiger partial charge < -0.3 is 10.1 Å². The molecule has 21 heavy (non-hydrogen) atoms. The smallest absolute Gasteiger partial charge is 0.307 e. The van der Waals surface area contributed by atoms with E-state index in [-0.39, 0.29) is 24.8 Å². The van der Waals surface area contributed by atoms with Crippen molar-refractivity contribution in [3.63, 3.8) is 0 Å². The molecule has 6 nitrogen and oxygen atoms in total. The van der Waals surface area contributed by atoms with Crippen molar-refractivity contribution in [2.45, 2.75) is 13.3 Å². The van der Waals surface area contributed by atoms with Gasteiger partial charge in [0, 0.05) is 12.1 Å². The number of hydrogen-bond acceptors (Lipinski definition) is 4. The number of nitrogens with one attached hydrogen (secondary N) is 2. The SMILES string of the molecule is CCOC(=O)CCNC(=O)c1cn[nH]c1-c1ccccc1. The van der Waals surface area contributed by atoms with Gasteiger partial charge in [-0.2, -0.15) is 5.10 Å². The van der Waals surface area contributed by atoms with Crippen LogP contribution >= 0.6 is 0 Å². The zero-order valence-corrected chi connectivity index (χ0v) is 11.8. The van der Waals surface area contributed by atoms with Crippen LogP contribution in [-0.2, 0) is 9.53 Å². The highest BCUT2D eigenvalue weighted by Crippen LogP contribution is 2.20. The molecule has 0 radical (unpaired) electrons. The molecule has 2 N–H and O–H groups in total. The number of carbonyl (C=O) groups is 2. The summed E-state index contributed by atoms with van der Waals surface area (Å²) in [6.45, 7) is 2.32. The van der Waals surface area contributed by atoms with Gasteiger partial charge in [-0.15, -0.1) is 0 Å². The fourth-order valence-electron chi connectivity index (χ4n) is 1.89. The molecule has 0 saturated heterocycles. The number of H-pyrrole nitrogens is 1. The third kappa shape index (κ3) is 3.92. The van der Waals surface area contributed by atoms with E-state index in [1.807, 2.05) is 30.3 Å². The van der Waals surface area contributed by atoms with Gasteiger partial charge in [0.2, 0.25) is 0 Å². The summed E-state index contributed by atoms with van der Waals surface area (Å²) in [7, 11) is 0. The second-order valence-corrected chi connectivity index (χ2v) is 4.34. The summed E-state index contributed by atoms with van der Waals surface area (Å²) in [5, 5.41) is 9.42. The lowest BCUT2D eigenvalue weighted by Crippen LogP contribution is -2.26. The number of rotatable bonds is 6. The molecule has 110 valence electrons. The predicted molar refractivity (Wildman–Crippen MR) is 77.6 cm³/mol. The maximum absolute atomic E-state index is 12.1. The summed E-state index contributed by atoms with van der Waals surface area (Å²) in [5.74, 6) is -0.597. The molecule has 0 aliphatic heterocycles. The van der Waals surface area contributed by atoms with Crippen LogP contribution in [0.4, 0.5) is 0 Å². The lowest BCUT2D eigenvalue weighted by molar-refractivity contribution is -0.142. The molecule has 0 bridgehead atoms. The fourth-order valence-corrected chi connectivity index (χ4v) is 1.89. The zero-order chi connectivity index (χ0) is 15.1. The van der Waals surface area contributed by atoms with Gasteiger partial charge in [-0.1, -0.05) is 30.3 Å². The Morgan fingerprint density at radius 1 is 1.29 bits per heavy atom. The lowest BCUT2D eigenvalue weighted by atomic mass is 10.1. The number of amides is 1. The van der Waals surface area contributed by atoms with Gasteiger partial charge in [-0.3, -0.25) is 14.7 Å². The predicted octanol–water partition coefficient (Wildman–Crippen LogP) is 1.76. The maximum Gasteiger partial charge on any atom is 0.307 e. The lowest BCUT2D eigenvalue weighted by Gasteiger charge is -2.06. The molecule has 0 unspecified atom stereocenters. The van der Waals surface area contributed by atoms with E-state index >= 15 is 0 Å². The number of hydrogen-bond donors (Lipinski definition) is 2. The average Bonchev–Trinajstić information content (AvgIpc) is 2.98. The molecule has 0 aliphatic carbocycles. The number of aromatic amines is 1. The Balaban J connectivity index is 1.98. The van der Waals surface area contributed by atoms with E-state index in [1.54, 1.807) is 6.92 Å². The molecular weight excluding hydrogens is 270 g/mol. The largest absolute Gasteiger partial charge is 0.466 e. The Labute approximate surface area is 122 Å². The van der Waals surface area contributed by atoms with Crippen molar-refractivity contribution in [3.8, 4) is 11.3 Å². The van der Waals surface area contributed by atoms with E-state index in [1.165, 1.54) is 6.20 Å². The first kappa shape index (κ1) is 14.8. The van der Waals surface area contributed by atoms with Gasteiger partial charge in [0.1, 0.15) is 0 Å². The van der Waals surface area contributed by atoms with Crippen LogP contribution in [0.3, 0.4) is 0 Å². The van der Waals surface area contributed by atoms with Gasteiger partial charge in [-0.25, -0.2) is 0 Å². The standard InChI is InChI=1S/C15H17N3O3/c1-2-21-13(19)8-9-16-15(20)12-10-17-18-14(12)11-6-4-3-5-7-11/h3-7,10H,2,8-9H2,1H3,(H,16,20)(H,17,18). The Morgan fingerprint density at radius 3 is 2.76 bits per heavy atom. The summed E-state index contributed by atoms with van der Waals surface area (Å²) in [4.78, 5) is 23.3. The quantitative estimate of drug-likeness (QED) is 0.793. The summed E-state index contributed by atoms with van der Waals surface area (Å²) >= 11 is 0. The monoisotopic (exact) mass is 287 g/mol. The highest BCUT2D eigenvalue weighted by molar-refractivity contribution is 5.99. The molecule has 0 aliphatic rings. The van der Waals surface area contributed by atoms with E-state index in [9.17, 15) is 9.59 Å². The third-order valence-corrected chi connectivity index (χ3v) is 2.87. The van der Waals surface area contributed by atoms with Crippen LogP contribution in [0.5, 0.6) is 0 Å². The second kappa shape index (κ2) is 7.23. The summed E-state index contributed by atoms with van der Waals surface area (Å²) in [6, 6.07) is 9.46. The highest BCUT2D eigenvalue weighted by Gasteiger charge is 2.15. The van der Waals surface area contributed by atoms with Gasteiger partial charge in [-0.05, 0) is 6.92 Å². The van der Waals surface area contributed by atoms with E-state index in [0.29, 0.717) is 17.9 Å². The van der Waals surface area contributed by atoms with Crippen LogP contribution in [-0.4, -0.2) is 35.2 Å². The summed E-state index contributed by atoms with van der Waals surface area (Å²) < 4.78 is 4.80. The molecule has 2 rings (SSSR count). The van der Waals surface area contributed by atoms with Crippen LogP contribution in [0.1, 0.15) is 23.7 Å². The average molecular weight is 287 g/mol. The molecule has 1 heterocycles. The van der Waals surface area contributed by atoms with Crippen molar-refractivity contribution in [2.24, 2.45) is 0 Å². The zero-order valence-electron chi connectivity index (χ0n) is 11.8. The number of aromatic nitrogens is 2. The Kier molecular flexibility index (Phi) is 5.09. The van der Waals surface area contributed by atoms with Crippen LogP contribution in [0.25, 0.3) is 11.3 Å². The minimum Gasteiger partial charge on any atom is -0.466 e. The van der Waals surface area contributed by atoms with Crippen molar-refractivity contribution in [1.82, 2.24) is 15.5 Å². The Morgan fingerprint density at radius 2 is 2.05 bits per heavy atom. The minimum absolute atomic E-state index is 0.151. The number of esters is 1. The number of nitrogens with zero attached hydrogens (tertiary/aromatic N) is 1. The fraction of sp³-hybridized carbons (Fsp3) is 0.267. The topological polar surface area (TPSA) is 84.1 Å². The van der Waals surface area contributed by atoms with Gasteiger partial charge in [0.05, 0.1) is 30.5 Å². The highest BCUT2D eigenvalue weighted by atomic mass is 16.5. The molecule has 0 atom stereocenters. The molecule has 1 amide bonds. The van der Waals surface area contributed by atoms with E-state index in [4.69, 9.17) is 4.74 Å².